The number of aliphatic hydroxyl groups is 1. The molecular weight excluding hydrogens is 301 g/mol. The van der Waals surface area contributed by atoms with Crippen molar-refractivity contribution in [3.05, 3.63) is 51.7 Å². The highest BCUT2D eigenvalue weighted by molar-refractivity contribution is 7.16. The molecule has 0 radical (unpaired) electrons. The lowest BCUT2D eigenvalue weighted by molar-refractivity contribution is 0.107. The van der Waals surface area contributed by atoms with Crippen molar-refractivity contribution >= 4 is 16.3 Å². The van der Waals surface area contributed by atoms with Crippen molar-refractivity contribution in [1.82, 2.24) is 4.90 Å². The molecule has 1 aromatic heterocycles. The van der Waals surface area contributed by atoms with Crippen LogP contribution in [0.5, 0.6) is 0 Å². The third kappa shape index (κ3) is 2.83. The van der Waals surface area contributed by atoms with Gasteiger partial charge in [-0.25, -0.2) is 4.39 Å². The first-order chi connectivity index (χ1) is 10.6. The van der Waals surface area contributed by atoms with Crippen LogP contribution in [0.15, 0.2) is 24.3 Å². The third-order valence-electron chi connectivity index (χ3n) is 3.96. The molecule has 0 amide bonds. The summed E-state index contributed by atoms with van der Waals surface area (Å²) in [6.07, 6.45) is 0.108. The number of thiophene rings is 1. The van der Waals surface area contributed by atoms with Crippen LogP contribution in [-0.2, 0) is 13.0 Å². The molecule has 1 aromatic carbocycles. The fourth-order valence-electron chi connectivity index (χ4n) is 2.79. The maximum absolute atomic E-state index is 12.9. The van der Waals surface area contributed by atoms with Crippen molar-refractivity contribution in [2.24, 2.45) is 0 Å². The van der Waals surface area contributed by atoms with Gasteiger partial charge in [0.05, 0.1) is 11.7 Å². The summed E-state index contributed by atoms with van der Waals surface area (Å²) in [5.41, 5.74) is 8.24. The first-order valence-corrected chi connectivity index (χ1v) is 7.86. The van der Waals surface area contributed by atoms with Crippen molar-refractivity contribution in [2.45, 2.75) is 19.1 Å². The maximum Gasteiger partial charge on any atom is 0.123 e. The summed E-state index contributed by atoms with van der Waals surface area (Å²) >= 11 is 1.45. The predicted octanol–water partition coefficient (Wildman–Crippen LogP) is 2.43. The zero-order valence-corrected chi connectivity index (χ0v) is 12.7. The van der Waals surface area contributed by atoms with Gasteiger partial charge >= 0.3 is 0 Å². The Labute approximate surface area is 132 Å². The Morgan fingerprint density at radius 3 is 2.82 bits per heavy atom. The Balaban J connectivity index is 1.70. The van der Waals surface area contributed by atoms with E-state index in [2.05, 4.69) is 11.0 Å². The molecule has 22 heavy (non-hydrogen) atoms. The minimum Gasteiger partial charge on any atom is -0.389 e. The lowest BCUT2D eigenvalue weighted by atomic mass is 10.0. The molecule has 6 heteroatoms. The van der Waals surface area contributed by atoms with Crippen molar-refractivity contribution in [3.8, 4) is 6.07 Å². The number of halogens is 1. The number of hydrogen-bond donors (Lipinski definition) is 2. The Kier molecular flexibility index (Phi) is 4.12. The van der Waals surface area contributed by atoms with Crippen molar-refractivity contribution in [2.75, 3.05) is 18.8 Å². The van der Waals surface area contributed by atoms with E-state index < -0.39 is 6.10 Å². The average Bonchev–Trinajstić information content (AvgIpc) is 2.82. The lowest BCUT2D eigenvalue weighted by Gasteiger charge is -2.28. The van der Waals surface area contributed by atoms with Gasteiger partial charge in [-0.05, 0) is 29.7 Å². The maximum atomic E-state index is 12.9. The van der Waals surface area contributed by atoms with Crippen LogP contribution in [0.2, 0.25) is 0 Å². The van der Waals surface area contributed by atoms with Crippen LogP contribution in [0.3, 0.4) is 0 Å². The molecule has 0 saturated heterocycles. The quantitative estimate of drug-likeness (QED) is 0.912. The van der Waals surface area contributed by atoms with Crippen molar-refractivity contribution in [1.29, 1.82) is 5.26 Å². The van der Waals surface area contributed by atoms with Crippen molar-refractivity contribution in [3.63, 3.8) is 0 Å². The minimum absolute atomic E-state index is 0.309. The van der Waals surface area contributed by atoms with Gasteiger partial charge in [0, 0.05) is 24.5 Å². The molecule has 0 aliphatic carbocycles. The van der Waals surface area contributed by atoms with E-state index in [-0.39, 0.29) is 5.82 Å². The van der Waals surface area contributed by atoms with Crippen LogP contribution in [0.25, 0.3) is 0 Å². The Morgan fingerprint density at radius 1 is 1.41 bits per heavy atom. The first kappa shape index (κ1) is 15.0. The molecule has 4 nitrogen and oxygen atoms in total. The van der Waals surface area contributed by atoms with Gasteiger partial charge in [-0.3, -0.25) is 4.90 Å². The van der Waals surface area contributed by atoms with E-state index in [1.54, 1.807) is 12.1 Å². The summed E-state index contributed by atoms with van der Waals surface area (Å²) in [5, 5.41) is 20.0. The number of fused-ring (bicyclic) bond motifs is 1. The molecule has 0 saturated carbocycles. The molecule has 1 unspecified atom stereocenters. The van der Waals surface area contributed by atoms with Gasteiger partial charge < -0.3 is 10.8 Å². The smallest absolute Gasteiger partial charge is 0.123 e. The number of nitriles is 1. The highest BCUT2D eigenvalue weighted by atomic mass is 32.1. The highest BCUT2D eigenvalue weighted by Crippen LogP contribution is 2.34. The van der Waals surface area contributed by atoms with E-state index in [0.29, 0.717) is 29.2 Å². The SMILES string of the molecule is N#Cc1c(N)sc2c1CCN(CC(O)c1ccc(F)cc1)C2. The van der Waals surface area contributed by atoms with Crippen LogP contribution in [-0.4, -0.2) is 23.1 Å². The third-order valence-corrected chi connectivity index (χ3v) is 5.01. The van der Waals surface area contributed by atoms with Crippen molar-refractivity contribution < 1.29 is 9.50 Å². The Hall–Kier alpha value is -1.94. The summed E-state index contributed by atoms with van der Waals surface area (Å²) in [6.45, 7) is 1.94. The number of rotatable bonds is 3. The van der Waals surface area contributed by atoms with Crippen LogP contribution >= 0.6 is 11.3 Å². The zero-order valence-electron chi connectivity index (χ0n) is 11.9. The minimum atomic E-state index is -0.658. The molecule has 114 valence electrons. The number of nitrogens with zero attached hydrogens (tertiary/aromatic N) is 2. The van der Waals surface area contributed by atoms with E-state index in [1.807, 2.05) is 0 Å². The predicted molar refractivity (Wildman–Crippen MR) is 83.8 cm³/mol. The number of nitrogen functional groups attached to an aromatic ring is 1. The Bertz CT molecular complexity index is 720. The molecule has 0 spiro atoms. The van der Waals surface area contributed by atoms with E-state index in [1.165, 1.54) is 23.5 Å². The van der Waals surface area contributed by atoms with Crippen LogP contribution < -0.4 is 5.73 Å². The molecule has 2 aromatic rings. The molecule has 1 aliphatic heterocycles. The normalized spacial score (nSPS) is 16.0. The van der Waals surface area contributed by atoms with Gasteiger partial charge in [0.2, 0.25) is 0 Å². The van der Waals surface area contributed by atoms with Gasteiger partial charge in [0.15, 0.2) is 0 Å². The number of aliphatic hydroxyl groups excluding tert-OH is 1. The zero-order chi connectivity index (χ0) is 15.7. The summed E-state index contributed by atoms with van der Waals surface area (Å²) in [4.78, 5) is 3.24. The standard InChI is InChI=1S/C16H16FN3OS/c17-11-3-1-10(2-4-11)14(21)8-20-6-5-12-13(7-18)16(19)22-15(12)9-20/h1-4,14,21H,5-6,8-9,19H2. The molecule has 3 N–H and O–H groups in total. The van der Waals surface area contributed by atoms with E-state index >= 15 is 0 Å². The van der Waals surface area contributed by atoms with E-state index in [0.717, 1.165) is 23.4 Å². The first-order valence-electron chi connectivity index (χ1n) is 7.04. The van der Waals surface area contributed by atoms with Gasteiger partial charge in [-0.1, -0.05) is 12.1 Å². The molecule has 1 aliphatic rings. The number of benzene rings is 1. The number of β-amino-alcohol motifs (C(OH)–C–C–N with tert-alkyl or cyclic N) is 1. The number of nitrogens with two attached hydrogens (primary N) is 1. The van der Waals surface area contributed by atoms with Gasteiger partial charge in [-0.2, -0.15) is 5.26 Å². The number of hydrogen-bond acceptors (Lipinski definition) is 5. The molecular formula is C16H16FN3OS. The summed E-state index contributed by atoms with van der Waals surface area (Å²) in [5.74, 6) is -0.309. The van der Waals surface area contributed by atoms with Crippen LogP contribution in [0.1, 0.15) is 27.7 Å². The van der Waals surface area contributed by atoms with Gasteiger partial charge in [0.1, 0.15) is 16.9 Å². The van der Waals surface area contributed by atoms with Crippen LogP contribution in [0.4, 0.5) is 9.39 Å². The van der Waals surface area contributed by atoms with Gasteiger partial charge in [0.25, 0.3) is 0 Å². The molecule has 1 atom stereocenters. The fourth-order valence-corrected chi connectivity index (χ4v) is 3.90. The fraction of sp³-hybridized carbons (Fsp3) is 0.312. The second kappa shape index (κ2) is 6.05. The van der Waals surface area contributed by atoms with E-state index in [9.17, 15) is 9.50 Å². The van der Waals surface area contributed by atoms with E-state index in [4.69, 9.17) is 11.0 Å². The van der Waals surface area contributed by atoms with Crippen LogP contribution in [0, 0.1) is 17.1 Å². The molecule has 3 rings (SSSR count). The lowest BCUT2D eigenvalue weighted by Crippen LogP contribution is -2.33. The topological polar surface area (TPSA) is 73.3 Å². The highest BCUT2D eigenvalue weighted by Gasteiger charge is 2.25. The molecule has 0 bridgehead atoms. The molecule has 0 fully saturated rings. The Morgan fingerprint density at radius 2 is 2.14 bits per heavy atom. The largest absolute Gasteiger partial charge is 0.389 e. The monoisotopic (exact) mass is 317 g/mol. The second-order valence-corrected chi connectivity index (χ2v) is 6.54. The van der Waals surface area contributed by atoms with Gasteiger partial charge in [-0.15, -0.1) is 11.3 Å². The summed E-state index contributed by atoms with van der Waals surface area (Å²) in [6, 6.07) is 8.09. The average molecular weight is 317 g/mol. The number of anilines is 1. The second-order valence-electron chi connectivity index (χ2n) is 5.41. The summed E-state index contributed by atoms with van der Waals surface area (Å²) in [7, 11) is 0. The molecule has 2 heterocycles. The summed E-state index contributed by atoms with van der Waals surface area (Å²) < 4.78 is 12.9.